The molecule has 1 aromatic rings. The Hall–Kier alpha value is -2.70. The highest BCUT2D eigenvalue weighted by Crippen LogP contribution is 2.27. The minimum absolute atomic E-state index is 0.0896. The van der Waals surface area contributed by atoms with Crippen molar-refractivity contribution < 1.29 is 14.5 Å². The van der Waals surface area contributed by atoms with E-state index in [1.165, 1.54) is 18.2 Å². The normalized spacial score (nSPS) is 18.6. The number of amides is 2. The summed E-state index contributed by atoms with van der Waals surface area (Å²) < 4.78 is 0. The van der Waals surface area contributed by atoms with Crippen LogP contribution in [0.5, 0.6) is 0 Å². The Balaban J connectivity index is 2.47. The third-order valence-electron chi connectivity index (χ3n) is 2.86. The van der Waals surface area contributed by atoms with Gasteiger partial charge in [-0.05, 0) is 12.5 Å². The van der Waals surface area contributed by atoms with E-state index in [1.54, 1.807) is 13.0 Å². The first-order valence-corrected chi connectivity index (χ1v) is 5.50. The zero-order valence-corrected chi connectivity index (χ0v) is 10.0. The van der Waals surface area contributed by atoms with Crippen LogP contribution in [0, 0.1) is 10.1 Å². The number of carbonyl (C=O) groups is 2. The fourth-order valence-corrected chi connectivity index (χ4v) is 1.94. The molecule has 1 heterocycles. The standard InChI is InChI=1S/C12H11N3O4/c1-7-10(6-16)11(14-12(17)13-7)8-3-2-4-9(5-8)15(18)19/h2-6,11H,1H3,(H2,13,14,17). The molecule has 98 valence electrons. The van der Waals surface area contributed by atoms with Gasteiger partial charge in [-0.3, -0.25) is 14.9 Å². The number of urea groups is 1. The van der Waals surface area contributed by atoms with Gasteiger partial charge in [0.05, 0.1) is 11.0 Å². The Kier molecular flexibility index (Phi) is 3.28. The number of aldehydes is 1. The van der Waals surface area contributed by atoms with Gasteiger partial charge in [0, 0.05) is 23.4 Å². The van der Waals surface area contributed by atoms with Crippen LogP contribution < -0.4 is 10.6 Å². The summed E-state index contributed by atoms with van der Waals surface area (Å²) in [4.78, 5) is 32.7. The molecule has 0 saturated heterocycles. The summed E-state index contributed by atoms with van der Waals surface area (Å²) in [5, 5.41) is 15.8. The molecule has 7 nitrogen and oxygen atoms in total. The van der Waals surface area contributed by atoms with E-state index in [1.807, 2.05) is 0 Å². The van der Waals surface area contributed by atoms with Crippen molar-refractivity contribution in [2.45, 2.75) is 13.0 Å². The smallest absolute Gasteiger partial charge is 0.319 e. The Bertz CT molecular complexity index is 594. The molecule has 0 spiro atoms. The van der Waals surface area contributed by atoms with Gasteiger partial charge < -0.3 is 10.6 Å². The summed E-state index contributed by atoms with van der Waals surface area (Å²) >= 11 is 0. The Labute approximate surface area is 108 Å². The minimum atomic E-state index is -0.675. The largest absolute Gasteiger partial charge is 0.327 e. The van der Waals surface area contributed by atoms with Gasteiger partial charge >= 0.3 is 6.03 Å². The molecule has 2 rings (SSSR count). The van der Waals surface area contributed by atoms with Gasteiger partial charge in [0.2, 0.25) is 0 Å². The molecule has 0 aliphatic carbocycles. The van der Waals surface area contributed by atoms with E-state index >= 15 is 0 Å². The van der Waals surface area contributed by atoms with E-state index in [-0.39, 0.29) is 5.69 Å². The average molecular weight is 261 g/mol. The van der Waals surface area contributed by atoms with Crippen molar-refractivity contribution in [2.24, 2.45) is 0 Å². The Morgan fingerprint density at radius 2 is 2.16 bits per heavy atom. The minimum Gasteiger partial charge on any atom is -0.327 e. The van der Waals surface area contributed by atoms with Crippen molar-refractivity contribution in [3.63, 3.8) is 0 Å². The summed E-state index contributed by atoms with van der Waals surface area (Å²) in [6.45, 7) is 1.60. The summed E-state index contributed by atoms with van der Waals surface area (Å²) in [6, 6.07) is 4.71. The highest BCUT2D eigenvalue weighted by Gasteiger charge is 2.26. The van der Waals surface area contributed by atoms with Crippen LogP contribution in [0.3, 0.4) is 0 Å². The molecule has 1 unspecified atom stereocenters. The van der Waals surface area contributed by atoms with Crippen LogP contribution in [0.25, 0.3) is 0 Å². The molecule has 1 atom stereocenters. The highest BCUT2D eigenvalue weighted by atomic mass is 16.6. The van der Waals surface area contributed by atoms with Crippen LogP contribution in [-0.2, 0) is 4.79 Å². The second-order valence-electron chi connectivity index (χ2n) is 4.08. The van der Waals surface area contributed by atoms with Crippen molar-refractivity contribution in [1.29, 1.82) is 0 Å². The second kappa shape index (κ2) is 4.89. The van der Waals surface area contributed by atoms with Crippen molar-refractivity contribution in [3.05, 3.63) is 51.2 Å². The number of nitrogens with one attached hydrogen (secondary N) is 2. The van der Waals surface area contributed by atoms with Crippen molar-refractivity contribution >= 4 is 18.0 Å². The predicted octanol–water partition coefficient (Wildman–Crippen LogP) is 1.42. The van der Waals surface area contributed by atoms with E-state index in [4.69, 9.17) is 0 Å². The molecule has 2 N–H and O–H groups in total. The van der Waals surface area contributed by atoms with E-state index in [2.05, 4.69) is 10.6 Å². The SMILES string of the molecule is CC1=C(C=O)C(c2cccc([N+](=O)[O-])c2)NC(=O)N1. The maximum Gasteiger partial charge on any atom is 0.319 e. The number of hydrogen-bond donors (Lipinski definition) is 2. The van der Waals surface area contributed by atoms with E-state index in [0.29, 0.717) is 23.1 Å². The summed E-state index contributed by atoms with van der Waals surface area (Å²) in [5.74, 6) is 0. The summed E-state index contributed by atoms with van der Waals surface area (Å²) in [7, 11) is 0. The van der Waals surface area contributed by atoms with Crippen LogP contribution in [0.4, 0.5) is 10.5 Å². The van der Waals surface area contributed by atoms with Gasteiger partial charge in [0.1, 0.15) is 6.29 Å². The third kappa shape index (κ3) is 2.44. The maximum absolute atomic E-state index is 11.4. The average Bonchev–Trinajstić information content (AvgIpc) is 2.38. The molecular weight excluding hydrogens is 250 g/mol. The number of non-ortho nitro benzene ring substituents is 1. The zero-order valence-electron chi connectivity index (χ0n) is 10.0. The van der Waals surface area contributed by atoms with Crippen LogP contribution in [0.2, 0.25) is 0 Å². The van der Waals surface area contributed by atoms with Crippen LogP contribution in [0.15, 0.2) is 35.5 Å². The van der Waals surface area contributed by atoms with Crippen LogP contribution >= 0.6 is 0 Å². The van der Waals surface area contributed by atoms with E-state index in [0.717, 1.165) is 0 Å². The molecule has 19 heavy (non-hydrogen) atoms. The topological polar surface area (TPSA) is 101 Å². The molecule has 0 saturated carbocycles. The molecular formula is C12H11N3O4. The number of benzene rings is 1. The number of nitrogens with zero attached hydrogens (tertiary/aromatic N) is 1. The van der Waals surface area contributed by atoms with Gasteiger partial charge in [0.15, 0.2) is 0 Å². The summed E-state index contributed by atoms with van der Waals surface area (Å²) in [6.07, 6.45) is 0.630. The molecule has 7 heteroatoms. The zero-order chi connectivity index (χ0) is 14.0. The fourth-order valence-electron chi connectivity index (χ4n) is 1.94. The number of carbonyl (C=O) groups excluding carboxylic acids is 2. The molecule has 0 radical (unpaired) electrons. The lowest BCUT2D eigenvalue weighted by atomic mass is 9.96. The van der Waals surface area contributed by atoms with Gasteiger partial charge in [0.25, 0.3) is 5.69 Å². The first kappa shape index (κ1) is 12.7. The molecule has 1 aliphatic heterocycles. The van der Waals surface area contributed by atoms with Gasteiger partial charge in [-0.1, -0.05) is 12.1 Å². The lowest BCUT2D eigenvalue weighted by Gasteiger charge is -2.26. The highest BCUT2D eigenvalue weighted by molar-refractivity contribution is 5.86. The number of nitro groups is 1. The fraction of sp³-hybridized carbons (Fsp3) is 0.167. The van der Waals surface area contributed by atoms with Crippen molar-refractivity contribution in [2.75, 3.05) is 0 Å². The van der Waals surface area contributed by atoms with Gasteiger partial charge in [-0.2, -0.15) is 0 Å². The first-order chi connectivity index (χ1) is 9.02. The maximum atomic E-state index is 11.4. The quantitative estimate of drug-likeness (QED) is 0.488. The monoisotopic (exact) mass is 261 g/mol. The van der Waals surface area contributed by atoms with Crippen molar-refractivity contribution in [1.82, 2.24) is 10.6 Å². The van der Waals surface area contributed by atoms with Crippen LogP contribution in [-0.4, -0.2) is 17.2 Å². The van der Waals surface area contributed by atoms with Crippen LogP contribution in [0.1, 0.15) is 18.5 Å². The van der Waals surface area contributed by atoms with Crippen molar-refractivity contribution in [3.8, 4) is 0 Å². The number of rotatable bonds is 3. The molecule has 0 bridgehead atoms. The lowest BCUT2D eigenvalue weighted by Crippen LogP contribution is -2.43. The molecule has 0 aromatic heterocycles. The van der Waals surface area contributed by atoms with E-state index in [9.17, 15) is 19.7 Å². The predicted molar refractivity (Wildman–Crippen MR) is 66.3 cm³/mol. The first-order valence-electron chi connectivity index (χ1n) is 5.50. The molecule has 1 aromatic carbocycles. The van der Waals surface area contributed by atoms with Gasteiger partial charge in [-0.25, -0.2) is 4.79 Å². The molecule has 0 fully saturated rings. The second-order valence-corrected chi connectivity index (χ2v) is 4.08. The Morgan fingerprint density at radius 1 is 1.42 bits per heavy atom. The van der Waals surface area contributed by atoms with E-state index < -0.39 is 17.0 Å². The Morgan fingerprint density at radius 3 is 2.79 bits per heavy atom. The lowest BCUT2D eigenvalue weighted by molar-refractivity contribution is -0.384. The summed E-state index contributed by atoms with van der Waals surface area (Å²) in [5.41, 5.74) is 1.19. The molecule has 2 amide bonds. The number of hydrogen-bond acceptors (Lipinski definition) is 4. The molecule has 1 aliphatic rings. The number of allylic oxidation sites excluding steroid dienone is 1. The third-order valence-corrected chi connectivity index (χ3v) is 2.86. The number of nitro benzene ring substituents is 1. The van der Waals surface area contributed by atoms with Gasteiger partial charge in [-0.15, -0.1) is 0 Å².